The molecule has 2 N–H and O–H groups in total. The maximum absolute atomic E-state index is 6.03. The summed E-state index contributed by atoms with van der Waals surface area (Å²) in [7, 11) is 0. The van der Waals surface area contributed by atoms with E-state index in [0.717, 1.165) is 21.8 Å². The molecule has 0 heterocycles. The van der Waals surface area contributed by atoms with Crippen molar-refractivity contribution in [1.29, 1.82) is 0 Å². The highest BCUT2D eigenvalue weighted by atomic mass is 79.9. The van der Waals surface area contributed by atoms with Crippen molar-refractivity contribution in [2.45, 2.75) is 25.3 Å². The molecule has 0 spiro atoms. The summed E-state index contributed by atoms with van der Waals surface area (Å²) in [5, 5.41) is 0. The SMILES string of the molecule is N[C@@H]1CCCc2cc(Br)c(Br)cc21. The van der Waals surface area contributed by atoms with Crippen LogP contribution in [0.3, 0.4) is 0 Å². The smallest absolute Gasteiger partial charge is 0.0320 e. The van der Waals surface area contributed by atoms with Crippen molar-refractivity contribution in [3.05, 3.63) is 32.2 Å². The summed E-state index contributed by atoms with van der Waals surface area (Å²) in [5.74, 6) is 0. The van der Waals surface area contributed by atoms with Gasteiger partial charge in [0.05, 0.1) is 0 Å². The first-order valence-corrected chi connectivity index (χ1v) is 6.00. The predicted molar refractivity (Wildman–Crippen MR) is 61.7 cm³/mol. The number of fused-ring (bicyclic) bond motifs is 1. The van der Waals surface area contributed by atoms with Crippen molar-refractivity contribution in [1.82, 2.24) is 0 Å². The highest BCUT2D eigenvalue weighted by molar-refractivity contribution is 9.13. The molecule has 1 aromatic carbocycles. The van der Waals surface area contributed by atoms with Gasteiger partial charge in [0.1, 0.15) is 0 Å². The van der Waals surface area contributed by atoms with E-state index in [2.05, 4.69) is 44.0 Å². The Morgan fingerprint density at radius 2 is 1.92 bits per heavy atom. The third kappa shape index (κ3) is 1.83. The van der Waals surface area contributed by atoms with Crippen LogP contribution in [0.15, 0.2) is 21.1 Å². The van der Waals surface area contributed by atoms with Gasteiger partial charge >= 0.3 is 0 Å². The molecule has 0 amide bonds. The van der Waals surface area contributed by atoms with Gasteiger partial charge in [-0.05, 0) is 74.4 Å². The summed E-state index contributed by atoms with van der Waals surface area (Å²) in [4.78, 5) is 0. The molecule has 0 saturated heterocycles. The largest absolute Gasteiger partial charge is 0.324 e. The fraction of sp³-hybridized carbons (Fsp3) is 0.400. The van der Waals surface area contributed by atoms with Crippen LogP contribution >= 0.6 is 31.9 Å². The van der Waals surface area contributed by atoms with Crippen LogP contribution in [0.5, 0.6) is 0 Å². The lowest BCUT2D eigenvalue weighted by Gasteiger charge is -2.22. The number of hydrogen-bond acceptors (Lipinski definition) is 1. The molecule has 0 saturated carbocycles. The minimum atomic E-state index is 0.230. The third-order valence-corrected chi connectivity index (χ3v) is 4.39. The molecule has 1 aromatic rings. The maximum Gasteiger partial charge on any atom is 0.0320 e. The molecule has 1 aliphatic rings. The Morgan fingerprint density at radius 1 is 1.23 bits per heavy atom. The number of rotatable bonds is 0. The van der Waals surface area contributed by atoms with Gasteiger partial charge in [-0.2, -0.15) is 0 Å². The summed E-state index contributed by atoms with van der Waals surface area (Å²) in [6, 6.07) is 4.55. The van der Waals surface area contributed by atoms with Gasteiger partial charge in [0.25, 0.3) is 0 Å². The molecule has 0 bridgehead atoms. The highest BCUT2D eigenvalue weighted by Crippen LogP contribution is 2.34. The highest BCUT2D eigenvalue weighted by Gasteiger charge is 2.17. The van der Waals surface area contributed by atoms with E-state index in [9.17, 15) is 0 Å². The van der Waals surface area contributed by atoms with E-state index in [1.807, 2.05) is 0 Å². The average Bonchev–Trinajstić information content (AvgIpc) is 2.09. The predicted octanol–water partition coefficient (Wildman–Crippen LogP) is 3.55. The van der Waals surface area contributed by atoms with Crippen molar-refractivity contribution < 1.29 is 0 Å². The molecule has 1 nitrogen and oxygen atoms in total. The number of halogens is 2. The summed E-state index contributed by atoms with van der Waals surface area (Å²) < 4.78 is 2.23. The molecule has 0 unspecified atom stereocenters. The third-order valence-electron chi connectivity index (χ3n) is 2.54. The standard InChI is InChI=1S/C10H11Br2N/c11-8-4-6-2-1-3-10(13)7(6)5-9(8)12/h4-5,10H,1-3,13H2/t10-/m1/s1. The topological polar surface area (TPSA) is 26.0 Å². The summed E-state index contributed by atoms with van der Waals surface area (Å²) in [6.45, 7) is 0. The van der Waals surface area contributed by atoms with Gasteiger partial charge < -0.3 is 5.73 Å². The van der Waals surface area contributed by atoms with Gasteiger partial charge in [0.15, 0.2) is 0 Å². The van der Waals surface area contributed by atoms with Gasteiger partial charge in [-0.3, -0.25) is 0 Å². The van der Waals surface area contributed by atoms with Gasteiger partial charge in [-0.25, -0.2) is 0 Å². The van der Waals surface area contributed by atoms with E-state index in [-0.39, 0.29) is 6.04 Å². The van der Waals surface area contributed by atoms with Crippen molar-refractivity contribution in [3.63, 3.8) is 0 Å². The molecule has 3 heteroatoms. The molecule has 0 fully saturated rings. The maximum atomic E-state index is 6.03. The number of nitrogens with two attached hydrogens (primary N) is 1. The molecular weight excluding hydrogens is 294 g/mol. The Balaban J connectivity index is 2.52. The first kappa shape index (κ1) is 9.69. The molecule has 0 aliphatic heterocycles. The molecule has 1 aliphatic carbocycles. The molecule has 0 radical (unpaired) electrons. The first-order chi connectivity index (χ1) is 6.18. The Kier molecular flexibility index (Phi) is 2.77. The van der Waals surface area contributed by atoms with Crippen LogP contribution in [0.4, 0.5) is 0 Å². The van der Waals surface area contributed by atoms with Crippen LogP contribution in [0, 0.1) is 0 Å². The van der Waals surface area contributed by atoms with Crippen LogP contribution in [0.25, 0.3) is 0 Å². The zero-order valence-electron chi connectivity index (χ0n) is 7.19. The molecule has 2 rings (SSSR count). The van der Waals surface area contributed by atoms with E-state index in [1.165, 1.54) is 17.5 Å². The summed E-state index contributed by atoms with van der Waals surface area (Å²) >= 11 is 7.01. The van der Waals surface area contributed by atoms with Crippen molar-refractivity contribution in [2.24, 2.45) is 5.73 Å². The molecule has 70 valence electrons. The van der Waals surface area contributed by atoms with E-state index >= 15 is 0 Å². The lowest BCUT2D eigenvalue weighted by Crippen LogP contribution is -2.17. The zero-order chi connectivity index (χ0) is 9.42. The monoisotopic (exact) mass is 303 g/mol. The second-order valence-electron chi connectivity index (χ2n) is 3.46. The molecular formula is C10H11Br2N. The minimum Gasteiger partial charge on any atom is -0.324 e. The second-order valence-corrected chi connectivity index (χ2v) is 5.17. The normalized spacial score (nSPS) is 21.3. The fourth-order valence-corrected chi connectivity index (χ4v) is 2.58. The first-order valence-electron chi connectivity index (χ1n) is 4.42. The summed E-state index contributed by atoms with van der Waals surface area (Å²) in [5.41, 5.74) is 8.73. The van der Waals surface area contributed by atoms with Crippen LogP contribution < -0.4 is 5.73 Å². The van der Waals surface area contributed by atoms with E-state index in [1.54, 1.807) is 0 Å². The van der Waals surface area contributed by atoms with Crippen molar-refractivity contribution in [2.75, 3.05) is 0 Å². The number of hydrogen-bond donors (Lipinski definition) is 1. The van der Waals surface area contributed by atoms with Crippen molar-refractivity contribution in [3.8, 4) is 0 Å². The van der Waals surface area contributed by atoms with Crippen LogP contribution in [-0.4, -0.2) is 0 Å². The van der Waals surface area contributed by atoms with Gasteiger partial charge in [-0.15, -0.1) is 0 Å². The van der Waals surface area contributed by atoms with Gasteiger partial charge in [0.2, 0.25) is 0 Å². The van der Waals surface area contributed by atoms with E-state index < -0.39 is 0 Å². The van der Waals surface area contributed by atoms with E-state index in [4.69, 9.17) is 5.73 Å². The summed E-state index contributed by atoms with van der Waals surface area (Å²) in [6.07, 6.45) is 3.48. The van der Waals surface area contributed by atoms with Gasteiger partial charge in [-0.1, -0.05) is 0 Å². The molecule has 0 aromatic heterocycles. The average molecular weight is 305 g/mol. The molecule has 1 atom stereocenters. The Bertz CT molecular complexity index is 336. The van der Waals surface area contributed by atoms with Crippen LogP contribution in [0.2, 0.25) is 0 Å². The quantitative estimate of drug-likeness (QED) is 0.779. The Labute approximate surface area is 95.0 Å². The Hall–Kier alpha value is 0.140. The lowest BCUT2D eigenvalue weighted by molar-refractivity contribution is 0.570. The van der Waals surface area contributed by atoms with Crippen LogP contribution in [0.1, 0.15) is 30.0 Å². The number of aryl methyl sites for hydroxylation is 1. The van der Waals surface area contributed by atoms with E-state index in [0.29, 0.717) is 0 Å². The fourth-order valence-electron chi connectivity index (χ4n) is 1.83. The lowest BCUT2D eigenvalue weighted by atomic mass is 9.88. The zero-order valence-corrected chi connectivity index (χ0v) is 10.4. The second kappa shape index (κ2) is 3.71. The molecule has 13 heavy (non-hydrogen) atoms. The minimum absolute atomic E-state index is 0.230. The van der Waals surface area contributed by atoms with Crippen molar-refractivity contribution >= 4 is 31.9 Å². The Morgan fingerprint density at radius 3 is 2.69 bits per heavy atom. The van der Waals surface area contributed by atoms with Crippen LogP contribution in [-0.2, 0) is 6.42 Å². The van der Waals surface area contributed by atoms with Gasteiger partial charge in [0, 0.05) is 15.0 Å². The number of benzene rings is 1.